The van der Waals surface area contributed by atoms with Gasteiger partial charge in [-0.05, 0) is 23.8 Å². The number of halogens is 4. The highest BCUT2D eigenvalue weighted by atomic mass is 32.2. The van der Waals surface area contributed by atoms with Crippen LogP contribution in [-0.2, 0) is 28.8 Å². The van der Waals surface area contributed by atoms with Gasteiger partial charge in [-0.15, -0.1) is 6.42 Å². The molecular weight excluding hydrogens is 454 g/mol. The van der Waals surface area contributed by atoms with Gasteiger partial charge in [0.1, 0.15) is 5.82 Å². The van der Waals surface area contributed by atoms with E-state index in [-0.39, 0.29) is 34.8 Å². The molecule has 32 heavy (non-hydrogen) atoms. The molecule has 170 valence electrons. The predicted molar refractivity (Wildman–Crippen MR) is 108 cm³/mol. The number of rotatable bonds is 7. The average molecular weight is 470 g/mol. The normalized spacial score (nSPS) is 12.3. The Labute approximate surface area is 183 Å². The molecule has 1 N–H and O–H groups in total. The predicted octanol–water partition coefficient (Wildman–Crippen LogP) is 2.79. The Morgan fingerprint density at radius 1 is 1.41 bits per heavy atom. The van der Waals surface area contributed by atoms with Gasteiger partial charge >= 0.3 is 6.18 Å². The fourth-order valence-corrected chi connectivity index (χ4v) is 2.95. The number of pyridine rings is 1. The molecule has 12 heteroatoms. The highest BCUT2D eigenvalue weighted by Crippen LogP contribution is 2.34. The largest absolute Gasteiger partial charge is 0.755 e. The number of hydrogen-bond donors (Lipinski definition) is 1. The number of benzene rings is 1. The average Bonchev–Trinajstić information content (AvgIpc) is 2.74. The molecule has 2 rings (SSSR count). The molecule has 0 saturated heterocycles. The second-order valence-electron chi connectivity index (χ2n) is 6.20. The highest BCUT2D eigenvalue weighted by Gasteiger charge is 2.33. The molecule has 0 radical (unpaired) electrons. The van der Waals surface area contributed by atoms with E-state index in [2.05, 4.69) is 21.0 Å². The number of terminal acetylenes is 1. The van der Waals surface area contributed by atoms with E-state index >= 15 is 0 Å². The first-order chi connectivity index (χ1) is 15.0. The molecular formula is C20H16F4N3O4S-. The maximum absolute atomic E-state index is 14.4. The van der Waals surface area contributed by atoms with E-state index in [1.165, 1.54) is 13.2 Å². The quantitative estimate of drug-likeness (QED) is 0.291. The smallest absolute Gasteiger partial charge is 0.417 e. The van der Waals surface area contributed by atoms with Gasteiger partial charge in [0.15, 0.2) is 0 Å². The molecule has 7 nitrogen and oxygen atoms in total. The van der Waals surface area contributed by atoms with E-state index in [1.54, 1.807) is 0 Å². The maximum atomic E-state index is 14.4. The van der Waals surface area contributed by atoms with Crippen molar-refractivity contribution in [3.05, 3.63) is 58.5 Å². The standard InChI is InChI=1S/C20H17F4N3O4S/c1-4-13-7-12(8-16(21)19(13)27(2)32(29)30)10-25-17(28)6-5-14-11-26-18(31-3)9-15(14)20(22,23)24/h1,5-9,11H,10H2,2-3H3,(H,25,28)(H,29,30)/p-1. The van der Waals surface area contributed by atoms with Crippen molar-refractivity contribution >= 4 is 28.9 Å². The maximum Gasteiger partial charge on any atom is 0.417 e. The lowest BCUT2D eigenvalue weighted by atomic mass is 10.1. The van der Waals surface area contributed by atoms with E-state index in [0.29, 0.717) is 10.4 Å². The minimum atomic E-state index is -4.70. The molecule has 0 fully saturated rings. The zero-order chi connectivity index (χ0) is 24.1. The van der Waals surface area contributed by atoms with Crippen molar-refractivity contribution in [1.29, 1.82) is 0 Å². The van der Waals surface area contributed by atoms with Crippen LogP contribution >= 0.6 is 0 Å². The van der Waals surface area contributed by atoms with E-state index in [0.717, 1.165) is 31.5 Å². The van der Waals surface area contributed by atoms with Crippen LogP contribution < -0.4 is 14.4 Å². The zero-order valence-corrected chi connectivity index (χ0v) is 17.5. The molecule has 1 heterocycles. The number of nitrogens with zero attached hydrogens (tertiary/aromatic N) is 2. The number of hydrogen-bond acceptors (Lipinski definition) is 5. The van der Waals surface area contributed by atoms with Crippen molar-refractivity contribution in [3.8, 4) is 18.2 Å². The Morgan fingerprint density at radius 3 is 2.66 bits per heavy atom. The molecule has 1 unspecified atom stereocenters. The minimum Gasteiger partial charge on any atom is -0.755 e. The van der Waals surface area contributed by atoms with E-state index in [1.807, 2.05) is 0 Å². The monoisotopic (exact) mass is 470 g/mol. The Kier molecular flexibility index (Phi) is 7.96. The molecule has 0 bridgehead atoms. The summed E-state index contributed by atoms with van der Waals surface area (Å²) >= 11 is -2.76. The molecule has 0 spiro atoms. The highest BCUT2D eigenvalue weighted by molar-refractivity contribution is 7.80. The summed E-state index contributed by atoms with van der Waals surface area (Å²) in [5, 5.41) is 2.38. The van der Waals surface area contributed by atoms with Crippen molar-refractivity contribution in [2.24, 2.45) is 0 Å². The summed E-state index contributed by atoms with van der Waals surface area (Å²) < 4.78 is 81.4. The molecule has 1 aromatic carbocycles. The molecule has 0 aliphatic carbocycles. The van der Waals surface area contributed by atoms with Gasteiger partial charge in [-0.25, -0.2) is 9.37 Å². The van der Waals surface area contributed by atoms with Gasteiger partial charge in [-0.2, -0.15) is 13.2 Å². The van der Waals surface area contributed by atoms with Crippen molar-refractivity contribution in [2.45, 2.75) is 12.7 Å². The number of nitrogens with one attached hydrogen (secondary N) is 1. The third-order valence-corrected chi connectivity index (χ3v) is 4.75. The Balaban J connectivity index is 2.17. The third kappa shape index (κ3) is 6.05. The van der Waals surface area contributed by atoms with Gasteiger partial charge in [0.2, 0.25) is 11.8 Å². The molecule has 2 aromatic rings. The SMILES string of the molecule is C#Cc1cc(CNC(=O)C=Cc2cnc(OC)cc2C(F)(F)F)cc(F)c1N(C)S(=O)[O-]. The number of carbonyl (C=O) groups is 1. The van der Waals surface area contributed by atoms with Crippen LogP contribution in [0.5, 0.6) is 5.88 Å². The Bertz CT molecular complexity index is 1110. The lowest BCUT2D eigenvalue weighted by Crippen LogP contribution is -2.23. The molecule has 1 atom stereocenters. The van der Waals surface area contributed by atoms with Crippen LogP contribution in [0, 0.1) is 18.2 Å². The third-order valence-electron chi connectivity index (χ3n) is 4.12. The van der Waals surface area contributed by atoms with E-state index in [4.69, 9.17) is 6.42 Å². The van der Waals surface area contributed by atoms with Gasteiger partial charge in [0, 0.05) is 48.8 Å². The van der Waals surface area contributed by atoms with Crippen molar-refractivity contribution in [1.82, 2.24) is 10.3 Å². The van der Waals surface area contributed by atoms with Crippen molar-refractivity contribution < 1.29 is 35.9 Å². The summed E-state index contributed by atoms with van der Waals surface area (Å²) in [6.45, 7) is -0.216. The van der Waals surface area contributed by atoms with Gasteiger partial charge in [-0.1, -0.05) is 5.92 Å². The summed E-state index contributed by atoms with van der Waals surface area (Å²) in [6.07, 6.45) is 3.32. The number of ether oxygens (including phenoxy) is 1. The lowest BCUT2D eigenvalue weighted by Gasteiger charge is -2.23. The first-order valence-corrected chi connectivity index (χ1v) is 9.70. The summed E-state index contributed by atoms with van der Waals surface area (Å²) in [5.41, 5.74) is -1.57. The fourth-order valence-electron chi connectivity index (χ4n) is 2.61. The molecule has 1 amide bonds. The molecule has 0 aliphatic heterocycles. The first-order valence-electron chi connectivity index (χ1n) is 8.67. The fraction of sp³-hybridized carbons (Fsp3) is 0.200. The van der Waals surface area contributed by atoms with E-state index < -0.39 is 34.7 Å². The second kappa shape index (κ2) is 10.3. The van der Waals surface area contributed by atoms with E-state index in [9.17, 15) is 31.1 Å². The van der Waals surface area contributed by atoms with Crippen LogP contribution in [0.1, 0.15) is 22.3 Å². The van der Waals surface area contributed by atoms with Crippen LogP contribution in [0.4, 0.5) is 23.2 Å². The summed E-state index contributed by atoms with van der Waals surface area (Å²) in [7, 11) is 2.28. The Hall–Kier alpha value is -3.43. The number of carbonyl (C=O) groups excluding carboxylic acids is 1. The van der Waals surface area contributed by atoms with Crippen LogP contribution in [0.2, 0.25) is 0 Å². The number of methoxy groups -OCH3 is 1. The molecule has 0 aliphatic rings. The van der Waals surface area contributed by atoms with Gasteiger partial charge < -0.3 is 18.9 Å². The topological polar surface area (TPSA) is 94.6 Å². The van der Waals surface area contributed by atoms with Crippen LogP contribution in [0.15, 0.2) is 30.5 Å². The molecule has 0 saturated carbocycles. The summed E-state index contributed by atoms with van der Waals surface area (Å²) in [4.78, 5) is 15.7. The second-order valence-corrected chi connectivity index (χ2v) is 7.18. The summed E-state index contributed by atoms with van der Waals surface area (Å²) in [6, 6.07) is 2.99. The van der Waals surface area contributed by atoms with Gasteiger partial charge in [-0.3, -0.25) is 9.00 Å². The minimum absolute atomic E-state index is 0.0596. The van der Waals surface area contributed by atoms with Crippen molar-refractivity contribution in [2.75, 3.05) is 18.5 Å². The first kappa shape index (κ1) is 24.8. The van der Waals surface area contributed by atoms with Crippen LogP contribution in [-0.4, -0.2) is 33.8 Å². The van der Waals surface area contributed by atoms with Crippen LogP contribution in [0.25, 0.3) is 6.08 Å². The number of alkyl halides is 3. The number of aromatic nitrogens is 1. The summed E-state index contributed by atoms with van der Waals surface area (Å²) in [5.74, 6) is 0.245. The lowest BCUT2D eigenvalue weighted by molar-refractivity contribution is -0.138. The van der Waals surface area contributed by atoms with Crippen molar-refractivity contribution in [3.63, 3.8) is 0 Å². The van der Waals surface area contributed by atoms with Gasteiger partial charge in [0.05, 0.1) is 23.9 Å². The molecule has 1 aromatic heterocycles. The number of anilines is 1. The Morgan fingerprint density at radius 2 is 2.09 bits per heavy atom. The number of amides is 1. The van der Waals surface area contributed by atoms with Crippen LogP contribution in [0.3, 0.4) is 0 Å². The zero-order valence-electron chi connectivity index (χ0n) is 16.7. The van der Waals surface area contributed by atoms with Gasteiger partial charge in [0.25, 0.3) is 0 Å².